The predicted molar refractivity (Wildman–Crippen MR) is 81.7 cm³/mol. The third kappa shape index (κ3) is 3.74. The van der Waals surface area contributed by atoms with Gasteiger partial charge in [0.05, 0.1) is 17.1 Å². The summed E-state index contributed by atoms with van der Waals surface area (Å²) in [5, 5.41) is 8.73. The molecular formula is C16H22N2O3. The molecule has 0 aliphatic carbocycles. The van der Waals surface area contributed by atoms with Crippen molar-refractivity contribution in [3.8, 4) is 5.75 Å². The zero-order valence-electron chi connectivity index (χ0n) is 12.8. The van der Waals surface area contributed by atoms with Crippen molar-refractivity contribution >= 4 is 17.0 Å². The molecule has 2 rings (SSSR count). The van der Waals surface area contributed by atoms with E-state index in [0.717, 1.165) is 29.2 Å². The summed E-state index contributed by atoms with van der Waals surface area (Å²) in [5.41, 5.74) is 1.97. The second-order valence-corrected chi connectivity index (χ2v) is 5.34. The van der Waals surface area contributed by atoms with Gasteiger partial charge in [0, 0.05) is 25.5 Å². The lowest BCUT2D eigenvalue weighted by Crippen LogP contribution is -2.05. The molecule has 0 fully saturated rings. The van der Waals surface area contributed by atoms with Crippen LogP contribution < -0.4 is 4.74 Å². The van der Waals surface area contributed by atoms with Crippen LogP contribution in [0.1, 0.15) is 39.4 Å². The van der Waals surface area contributed by atoms with Gasteiger partial charge in [0.25, 0.3) is 0 Å². The van der Waals surface area contributed by atoms with Crippen LogP contribution in [-0.2, 0) is 17.8 Å². The molecule has 1 aromatic heterocycles. The topological polar surface area (TPSA) is 64.4 Å². The molecule has 1 heterocycles. The number of hydrogen-bond donors (Lipinski definition) is 1. The highest BCUT2D eigenvalue weighted by atomic mass is 16.5. The van der Waals surface area contributed by atoms with Crippen molar-refractivity contribution in [1.29, 1.82) is 0 Å². The van der Waals surface area contributed by atoms with Crippen molar-refractivity contribution in [2.24, 2.45) is 0 Å². The summed E-state index contributed by atoms with van der Waals surface area (Å²) in [4.78, 5) is 15.3. The Kier molecular flexibility index (Phi) is 4.83. The van der Waals surface area contributed by atoms with Gasteiger partial charge in [-0.15, -0.1) is 0 Å². The maximum Gasteiger partial charge on any atom is 0.303 e. The van der Waals surface area contributed by atoms with E-state index < -0.39 is 5.97 Å². The first kappa shape index (κ1) is 15.4. The number of rotatable bonds is 7. The minimum atomic E-state index is -0.762. The summed E-state index contributed by atoms with van der Waals surface area (Å²) in [6.45, 7) is 6.88. The second-order valence-electron chi connectivity index (χ2n) is 5.34. The molecule has 0 bridgehead atoms. The van der Waals surface area contributed by atoms with E-state index in [2.05, 4.69) is 16.5 Å². The summed E-state index contributed by atoms with van der Waals surface area (Å²) in [5.74, 6) is 0.993. The van der Waals surface area contributed by atoms with E-state index in [1.807, 2.05) is 32.0 Å². The number of hydrogen-bond acceptors (Lipinski definition) is 3. The molecule has 5 nitrogen and oxygen atoms in total. The fraction of sp³-hybridized carbons (Fsp3) is 0.500. The standard InChI is InChI=1S/C16H22N2O3/c1-4-18-14-9-8-12(21-11(2)3)10-13(14)17-15(18)6-5-7-16(19)20/h8-11H,4-7H2,1-3H3,(H,19,20). The van der Waals surface area contributed by atoms with Gasteiger partial charge in [-0.05, 0) is 39.3 Å². The van der Waals surface area contributed by atoms with Crippen molar-refractivity contribution in [3.05, 3.63) is 24.0 Å². The minimum absolute atomic E-state index is 0.130. The highest BCUT2D eigenvalue weighted by Crippen LogP contribution is 2.23. The van der Waals surface area contributed by atoms with Gasteiger partial charge in [0.1, 0.15) is 11.6 Å². The molecular weight excluding hydrogens is 268 g/mol. The fourth-order valence-electron chi connectivity index (χ4n) is 2.45. The van der Waals surface area contributed by atoms with Crippen LogP contribution in [0, 0.1) is 0 Å². The highest BCUT2D eigenvalue weighted by Gasteiger charge is 2.11. The predicted octanol–water partition coefficient (Wildman–Crippen LogP) is 3.25. The van der Waals surface area contributed by atoms with Crippen LogP contribution in [0.4, 0.5) is 0 Å². The van der Waals surface area contributed by atoms with Gasteiger partial charge in [-0.2, -0.15) is 0 Å². The average molecular weight is 290 g/mol. The van der Waals surface area contributed by atoms with Crippen LogP contribution in [-0.4, -0.2) is 26.7 Å². The Hall–Kier alpha value is -2.04. The fourth-order valence-corrected chi connectivity index (χ4v) is 2.45. The average Bonchev–Trinajstić information content (AvgIpc) is 2.74. The molecule has 0 spiro atoms. The Balaban J connectivity index is 2.26. The first-order chi connectivity index (χ1) is 10.0. The summed E-state index contributed by atoms with van der Waals surface area (Å²) < 4.78 is 7.83. The molecule has 21 heavy (non-hydrogen) atoms. The molecule has 1 N–H and O–H groups in total. The van der Waals surface area contributed by atoms with Gasteiger partial charge in [0.15, 0.2) is 0 Å². The molecule has 0 unspecified atom stereocenters. The molecule has 2 aromatic rings. The first-order valence-electron chi connectivity index (χ1n) is 7.39. The van der Waals surface area contributed by atoms with Crippen molar-refractivity contribution in [1.82, 2.24) is 9.55 Å². The normalized spacial score (nSPS) is 11.2. The molecule has 0 saturated heterocycles. The van der Waals surface area contributed by atoms with E-state index in [0.29, 0.717) is 12.8 Å². The molecule has 1 aromatic carbocycles. The molecule has 0 radical (unpaired) electrons. The molecule has 0 amide bonds. The Morgan fingerprint density at radius 2 is 2.19 bits per heavy atom. The number of carboxylic acids is 1. The van der Waals surface area contributed by atoms with Gasteiger partial charge in [-0.1, -0.05) is 0 Å². The van der Waals surface area contributed by atoms with Crippen LogP contribution >= 0.6 is 0 Å². The smallest absolute Gasteiger partial charge is 0.303 e. The van der Waals surface area contributed by atoms with Crippen LogP contribution in [0.15, 0.2) is 18.2 Å². The third-order valence-electron chi connectivity index (χ3n) is 3.28. The maximum atomic E-state index is 10.6. The van der Waals surface area contributed by atoms with Crippen molar-refractivity contribution < 1.29 is 14.6 Å². The molecule has 0 saturated carbocycles. The van der Waals surface area contributed by atoms with Gasteiger partial charge < -0.3 is 14.4 Å². The molecule has 0 atom stereocenters. The monoisotopic (exact) mass is 290 g/mol. The van der Waals surface area contributed by atoms with Gasteiger partial charge in [-0.25, -0.2) is 4.98 Å². The Labute approximate surface area is 124 Å². The Bertz CT molecular complexity index is 632. The van der Waals surface area contributed by atoms with Gasteiger partial charge in [0.2, 0.25) is 0 Å². The van der Waals surface area contributed by atoms with Crippen molar-refractivity contribution in [2.75, 3.05) is 0 Å². The molecule has 114 valence electrons. The highest BCUT2D eigenvalue weighted by molar-refractivity contribution is 5.77. The van der Waals surface area contributed by atoms with E-state index in [4.69, 9.17) is 9.84 Å². The van der Waals surface area contributed by atoms with E-state index in [1.54, 1.807) is 0 Å². The van der Waals surface area contributed by atoms with Crippen molar-refractivity contribution in [2.45, 2.75) is 52.7 Å². The van der Waals surface area contributed by atoms with Crippen molar-refractivity contribution in [3.63, 3.8) is 0 Å². The summed E-state index contributed by atoms with van der Waals surface area (Å²) >= 11 is 0. The number of fused-ring (bicyclic) bond motifs is 1. The lowest BCUT2D eigenvalue weighted by atomic mass is 10.2. The van der Waals surface area contributed by atoms with Gasteiger partial charge >= 0.3 is 5.97 Å². The number of aromatic nitrogens is 2. The van der Waals surface area contributed by atoms with Crippen LogP contribution in [0.25, 0.3) is 11.0 Å². The second kappa shape index (κ2) is 6.61. The third-order valence-corrected chi connectivity index (χ3v) is 3.28. The maximum absolute atomic E-state index is 10.6. The number of imidazole rings is 1. The number of aliphatic carboxylic acids is 1. The van der Waals surface area contributed by atoms with E-state index in [1.165, 1.54) is 0 Å². The Morgan fingerprint density at radius 1 is 1.43 bits per heavy atom. The number of carbonyl (C=O) groups is 1. The minimum Gasteiger partial charge on any atom is -0.491 e. The SMILES string of the molecule is CCn1c(CCCC(=O)O)nc2cc(OC(C)C)ccc21. The zero-order chi connectivity index (χ0) is 15.4. The molecule has 5 heteroatoms. The van der Waals surface area contributed by atoms with E-state index in [-0.39, 0.29) is 12.5 Å². The zero-order valence-corrected chi connectivity index (χ0v) is 12.8. The van der Waals surface area contributed by atoms with Crippen LogP contribution in [0.2, 0.25) is 0 Å². The van der Waals surface area contributed by atoms with E-state index in [9.17, 15) is 4.79 Å². The summed E-state index contributed by atoms with van der Waals surface area (Å²) in [6, 6.07) is 5.92. The number of carboxylic acid groups (broad SMARTS) is 1. The van der Waals surface area contributed by atoms with Crippen LogP contribution in [0.3, 0.4) is 0 Å². The lowest BCUT2D eigenvalue weighted by Gasteiger charge is -2.09. The molecule has 0 aliphatic rings. The number of ether oxygens (including phenoxy) is 1. The van der Waals surface area contributed by atoms with Crippen LogP contribution in [0.5, 0.6) is 5.75 Å². The first-order valence-corrected chi connectivity index (χ1v) is 7.39. The Morgan fingerprint density at radius 3 is 2.81 bits per heavy atom. The quantitative estimate of drug-likeness (QED) is 0.850. The summed E-state index contributed by atoms with van der Waals surface area (Å²) in [7, 11) is 0. The number of aryl methyl sites for hydroxylation is 2. The number of benzene rings is 1. The number of nitrogens with zero attached hydrogens (tertiary/aromatic N) is 2. The lowest BCUT2D eigenvalue weighted by molar-refractivity contribution is -0.137. The summed E-state index contributed by atoms with van der Waals surface area (Å²) in [6.07, 6.45) is 1.59. The largest absolute Gasteiger partial charge is 0.491 e. The van der Waals surface area contributed by atoms with Gasteiger partial charge in [-0.3, -0.25) is 4.79 Å². The van der Waals surface area contributed by atoms with E-state index >= 15 is 0 Å². The molecule has 0 aliphatic heterocycles.